The number of amides is 1. The second-order valence-corrected chi connectivity index (χ2v) is 3.67. The Morgan fingerprint density at radius 1 is 1.77 bits per heavy atom. The molecule has 72 valence electrons. The van der Waals surface area contributed by atoms with Crippen LogP contribution in [0, 0.1) is 0 Å². The van der Waals surface area contributed by atoms with Crippen LogP contribution in [0.25, 0.3) is 0 Å². The van der Waals surface area contributed by atoms with Gasteiger partial charge in [-0.15, -0.1) is 0 Å². The molecule has 0 aliphatic heterocycles. The zero-order chi connectivity index (χ0) is 10.0. The van der Waals surface area contributed by atoms with Gasteiger partial charge in [0, 0.05) is 26.8 Å². The van der Waals surface area contributed by atoms with E-state index in [4.69, 9.17) is 0 Å². The fourth-order valence-corrected chi connectivity index (χ4v) is 1.47. The lowest BCUT2D eigenvalue weighted by atomic mass is 10.4. The highest BCUT2D eigenvalue weighted by Gasteiger charge is 2.16. The molecule has 13 heavy (non-hydrogen) atoms. The van der Waals surface area contributed by atoms with Gasteiger partial charge < -0.3 is 4.90 Å². The molecule has 4 nitrogen and oxygen atoms in total. The van der Waals surface area contributed by atoms with E-state index in [0.717, 1.165) is 4.47 Å². The first kappa shape index (κ1) is 10.2. The SMILES string of the molecule is CCN(C)C(=O)c1nn(C)cc1Br. The van der Waals surface area contributed by atoms with Crippen LogP contribution in [0.5, 0.6) is 0 Å². The molecule has 1 aromatic heterocycles. The van der Waals surface area contributed by atoms with Crippen LogP contribution in [0.2, 0.25) is 0 Å². The average molecular weight is 246 g/mol. The summed E-state index contributed by atoms with van der Waals surface area (Å²) < 4.78 is 2.35. The summed E-state index contributed by atoms with van der Waals surface area (Å²) in [4.78, 5) is 13.2. The van der Waals surface area contributed by atoms with Gasteiger partial charge in [-0.1, -0.05) is 0 Å². The Bertz CT molecular complexity index is 321. The summed E-state index contributed by atoms with van der Waals surface area (Å²) in [5, 5.41) is 4.06. The molecule has 0 saturated heterocycles. The van der Waals surface area contributed by atoms with Crippen molar-refractivity contribution >= 4 is 21.8 Å². The van der Waals surface area contributed by atoms with E-state index in [1.807, 2.05) is 6.92 Å². The number of carbonyl (C=O) groups excluding carboxylic acids is 1. The van der Waals surface area contributed by atoms with Crippen molar-refractivity contribution in [2.75, 3.05) is 13.6 Å². The van der Waals surface area contributed by atoms with Gasteiger partial charge in [-0.2, -0.15) is 5.10 Å². The molecule has 0 unspecified atom stereocenters. The Labute approximate surface area is 85.7 Å². The van der Waals surface area contributed by atoms with E-state index in [0.29, 0.717) is 12.2 Å². The lowest BCUT2D eigenvalue weighted by molar-refractivity contribution is 0.0795. The Morgan fingerprint density at radius 3 is 2.77 bits per heavy atom. The molecular weight excluding hydrogens is 234 g/mol. The van der Waals surface area contributed by atoms with Crippen molar-refractivity contribution in [3.8, 4) is 0 Å². The van der Waals surface area contributed by atoms with Gasteiger partial charge in [0.15, 0.2) is 5.69 Å². The van der Waals surface area contributed by atoms with Gasteiger partial charge in [-0.05, 0) is 22.9 Å². The number of nitrogens with zero attached hydrogens (tertiary/aromatic N) is 3. The second kappa shape index (κ2) is 3.91. The summed E-state index contributed by atoms with van der Waals surface area (Å²) in [5.41, 5.74) is 0.465. The van der Waals surface area contributed by atoms with Crippen molar-refractivity contribution in [1.29, 1.82) is 0 Å². The van der Waals surface area contributed by atoms with Crippen molar-refractivity contribution in [2.45, 2.75) is 6.92 Å². The molecule has 0 radical (unpaired) electrons. The molecule has 5 heteroatoms. The van der Waals surface area contributed by atoms with Crippen LogP contribution in [-0.4, -0.2) is 34.2 Å². The molecule has 0 aliphatic rings. The van der Waals surface area contributed by atoms with Gasteiger partial charge in [0.25, 0.3) is 5.91 Å². The van der Waals surface area contributed by atoms with Crippen LogP contribution in [0.4, 0.5) is 0 Å². The molecule has 1 heterocycles. The van der Waals surface area contributed by atoms with E-state index < -0.39 is 0 Å². The fraction of sp³-hybridized carbons (Fsp3) is 0.500. The molecule has 0 N–H and O–H groups in total. The highest BCUT2D eigenvalue weighted by Crippen LogP contribution is 2.15. The van der Waals surface area contributed by atoms with Crippen LogP contribution >= 0.6 is 15.9 Å². The lowest BCUT2D eigenvalue weighted by Crippen LogP contribution is -2.27. The van der Waals surface area contributed by atoms with Crippen LogP contribution in [0.1, 0.15) is 17.4 Å². The van der Waals surface area contributed by atoms with E-state index in [1.54, 1.807) is 29.9 Å². The minimum Gasteiger partial charge on any atom is -0.341 e. The maximum atomic E-state index is 11.6. The zero-order valence-corrected chi connectivity index (χ0v) is 9.50. The average Bonchev–Trinajstić information content (AvgIpc) is 2.42. The molecule has 1 rings (SSSR count). The van der Waals surface area contributed by atoms with Gasteiger partial charge in [0.1, 0.15) is 0 Å². The van der Waals surface area contributed by atoms with E-state index in [1.165, 1.54) is 0 Å². The summed E-state index contributed by atoms with van der Waals surface area (Å²) in [6.45, 7) is 2.61. The Hall–Kier alpha value is -0.840. The topological polar surface area (TPSA) is 38.1 Å². The Kier molecular flexibility index (Phi) is 3.08. The third-order valence-corrected chi connectivity index (χ3v) is 2.39. The van der Waals surface area contributed by atoms with Crippen LogP contribution in [0.3, 0.4) is 0 Å². The van der Waals surface area contributed by atoms with E-state index in [-0.39, 0.29) is 5.91 Å². The fourth-order valence-electron chi connectivity index (χ4n) is 0.929. The minimum absolute atomic E-state index is 0.0602. The number of carbonyl (C=O) groups is 1. The third kappa shape index (κ3) is 2.09. The van der Waals surface area contributed by atoms with Gasteiger partial charge in [0.05, 0.1) is 4.47 Å². The molecule has 0 bridgehead atoms. The van der Waals surface area contributed by atoms with E-state index >= 15 is 0 Å². The molecule has 0 saturated carbocycles. The first-order valence-electron chi connectivity index (χ1n) is 4.00. The molecule has 0 aliphatic carbocycles. The summed E-state index contributed by atoms with van der Waals surface area (Å²) in [6, 6.07) is 0. The third-order valence-electron chi connectivity index (χ3n) is 1.81. The number of hydrogen-bond donors (Lipinski definition) is 0. The monoisotopic (exact) mass is 245 g/mol. The molecule has 1 aromatic rings. The smallest absolute Gasteiger partial charge is 0.275 e. The van der Waals surface area contributed by atoms with Crippen LogP contribution < -0.4 is 0 Å². The summed E-state index contributed by atoms with van der Waals surface area (Å²) >= 11 is 3.28. The predicted molar refractivity (Wildman–Crippen MR) is 53.5 cm³/mol. The maximum Gasteiger partial charge on any atom is 0.275 e. The zero-order valence-electron chi connectivity index (χ0n) is 7.91. The van der Waals surface area contributed by atoms with Gasteiger partial charge in [-0.3, -0.25) is 9.48 Å². The number of rotatable bonds is 2. The maximum absolute atomic E-state index is 11.6. The van der Waals surface area contributed by atoms with Crippen molar-refractivity contribution < 1.29 is 4.79 Å². The van der Waals surface area contributed by atoms with Crippen LogP contribution in [0.15, 0.2) is 10.7 Å². The summed E-state index contributed by atoms with van der Waals surface area (Å²) in [7, 11) is 3.54. The largest absolute Gasteiger partial charge is 0.341 e. The van der Waals surface area contributed by atoms with Gasteiger partial charge >= 0.3 is 0 Å². The van der Waals surface area contributed by atoms with Crippen molar-refractivity contribution in [2.24, 2.45) is 7.05 Å². The molecular formula is C8H12BrN3O. The molecule has 0 atom stereocenters. The minimum atomic E-state index is -0.0602. The molecule has 0 spiro atoms. The quantitative estimate of drug-likeness (QED) is 0.788. The normalized spacial score (nSPS) is 10.2. The Morgan fingerprint density at radius 2 is 2.38 bits per heavy atom. The first-order chi connectivity index (χ1) is 6.06. The van der Waals surface area contributed by atoms with Crippen LogP contribution in [-0.2, 0) is 7.05 Å². The Balaban J connectivity index is 2.94. The summed E-state index contributed by atoms with van der Waals surface area (Å²) in [6.07, 6.45) is 1.76. The lowest BCUT2D eigenvalue weighted by Gasteiger charge is -2.12. The standard InChI is InChI=1S/C8H12BrN3O/c1-4-11(2)8(13)7-6(9)5-12(3)10-7/h5H,4H2,1-3H3. The predicted octanol–water partition coefficient (Wildman–Crippen LogP) is 1.27. The highest BCUT2D eigenvalue weighted by atomic mass is 79.9. The second-order valence-electron chi connectivity index (χ2n) is 2.82. The number of hydrogen-bond acceptors (Lipinski definition) is 2. The molecule has 0 fully saturated rings. The van der Waals surface area contributed by atoms with E-state index in [2.05, 4.69) is 21.0 Å². The molecule has 1 amide bonds. The van der Waals surface area contributed by atoms with Crippen molar-refractivity contribution in [3.05, 3.63) is 16.4 Å². The van der Waals surface area contributed by atoms with E-state index in [9.17, 15) is 4.79 Å². The number of aryl methyl sites for hydroxylation is 1. The van der Waals surface area contributed by atoms with Crippen molar-refractivity contribution in [1.82, 2.24) is 14.7 Å². The number of aromatic nitrogens is 2. The van der Waals surface area contributed by atoms with Gasteiger partial charge in [-0.25, -0.2) is 0 Å². The highest BCUT2D eigenvalue weighted by molar-refractivity contribution is 9.10. The summed E-state index contributed by atoms with van der Waals surface area (Å²) in [5.74, 6) is -0.0602. The van der Waals surface area contributed by atoms with Crippen molar-refractivity contribution in [3.63, 3.8) is 0 Å². The number of halogens is 1. The van der Waals surface area contributed by atoms with Gasteiger partial charge in [0.2, 0.25) is 0 Å². The first-order valence-corrected chi connectivity index (χ1v) is 4.80. The molecule has 0 aromatic carbocycles.